The van der Waals surface area contributed by atoms with E-state index in [1.807, 2.05) is 0 Å². The number of allylic oxidation sites excluding steroid dienone is 1. The smallest absolute Gasteiger partial charge is 0.0592 e. The first kappa shape index (κ1) is 33.4. The number of para-hydroxylation sites is 2. The molecule has 55 heavy (non-hydrogen) atoms. The van der Waals surface area contributed by atoms with Crippen molar-refractivity contribution in [3.05, 3.63) is 186 Å². The molecule has 0 saturated heterocycles. The van der Waals surface area contributed by atoms with Crippen molar-refractivity contribution in [3.63, 3.8) is 0 Å². The molecule has 0 fully saturated rings. The van der Waals surface area contributed by atoms with Crippen molar-refractivity contribution in [3.8, 4) is 39.1 Å². The van der Waals surface area contributed by atoms with Gasteiger partial charge in [0.2, 0.25) is 0 Å². The Kier molecular flexibility index (Phi) is 7.92. The summed E-state index contributed by atoms with van der Waals surface area (Å²) in [5, 5.41) is 2.54. The molecule has 0 spiro atoms. The second-order valence-corrected chi connectivity index (χ2v) is 16.3. The topological polar surface area (TPSA) is 8.17 Å². The van der Waals surface area contributed by atoms with E-state index in [0.29, 0.717) is 17.9 Å². The van der Waals surface area contributed by atoms with Crippen molar-refractivity contribution in [2.24, 2.45) is 5.92 Å². The number of fused-ring (bicyclic) bond motifs is 6. The molecule has 10 rings (SSSR count). The summed E-state index contributed by atoms with van der Waals surface area (Å²) in [4.78, 5) is 2.56. The average Bonchev–Trinajstić information content (AvgIpc) is 3.69. The van der Waals surface area contributed by atoms with Crippen molar-refractivity contribution < 1.29 is 0 Å². The third-order valence-corrected chi connectivity index (χ3v) is 12.0. The van der Waals surface area contributed by atoms with E-state index < -0.39 is 0 Å². The van der Waals surface area contributed by atoms with Crippen LogP contribution in [0, 0.1) is 33.6 Å². The third-order valence-electron chi connectivity index (χ3n) is 12.0. The van der Waals surface area contributed by atoms with Gasteiger partial charge in [0.05, 0.1) is 17.1 Å². The van der Waals surface area contributed by atoms with Gasteiger partial charge < -0.3 is 9.47 Å². The first-order valence-electron chi connectivity index (χ1n) is 19.8. The fourth-order valence-corrected chi connectivity index (χ4v) is 9.73. The normalized spacial score (nSPS) is 17.5. The lowest BCUT2D eigenvalue weighted by molar-refractivity contribution is 0.489. The number of hydrogen-bond acceptors (Lipinski definition) is 1. The zero-order valence-corrected chi connectivity index (χ0v) is 32.3. The molecule has 1 aliphatic carbocycles. The van der Waals surface area contributed by atoms with Crippen LogP contribution in [-0.2, 0) is 0 Å². The van der Waals surface area contributed by atoms with E-state index in [9.17, 15) is 0 Å². The number of rotatable bonds is 5. The SMILES string of the molecule is Cc1cc(C)cc(-c2cc(-c3cc(C)cc(C)c3)cc(-n3c4ccccc4c4cc(-c5ccc6c(c5)C5CC(C)C=CC5N6c5ccccc5)ccc43)c2)c1. The molecular weight excluding hydrogens is 665 g/mol. The molecule has 8 aromatic rings. The largest absolute Gasteiger partial charge is 0.334 e. The van der Waals surface area contributed by atoms with Gasteiger partial charge in [0.15, 0.2) is 0 Å². The molecule has 0 amide bonds. The van der Waals surface area contributed by atoms with Crippen LogP contribution in [-0.4, -0.2) is 10.6 Å². The highest BCUT2D eigenvalue weighted by atomic mass is 15.2. The van der Waals surface area contributed by atoms with E-state index in [1.54, 1.807) is 0 Å². The number of aryl methyl sites for hydroxylation is 4. The van der Waals surface area contributed by atoms with Gasteiger partial charge in [0.25, 0.3) is 0 Å². The molecule has 268 valence electrons. The van der Waals surface area contributed by atoms with Crippen LogP contribution in [0.15, 0.2) is 158 Å². The van der Waals surface area contributed by atoms with Crippen LogP contribution in [0.5, 0.6) is 0 Å². The van der Waals surface area contributed by atoms with E-state index in [1.165, 1.54) is 106 Å². The van der Waals surface area contributed by atoms with E-state index in [0.717, 1.165) is 0 Å². The summed E-state index contributed by atoms with van der Waals surface area (Å²) < 4.78 is 2.48. The van der Waals surface area contributed by atoms with Crippen molar-refractivity contribution in [2.75, 3.05) is 4.90 Å². The molecule has 2 heterocycles. The number of aromatic nitrogens is 1. The van der Waals surface area contributed by atoms with Gasteiger partial charge in [0, 0.05) is 33.8 Å². The van der Waals surface area contributed by atoms with Crippen molar-refractivity contribution >= 4 is 33.2 Å². The molecule has 0 radical (unpaired) electrons. The van der Waals surface area contributed by atoms with Gasteiger partial charge >= 0.3 is 0 Å². The lowest BCUT2D eigenvalue weighted by Crippen LogP contribution is -2.31. The Bertz CT molecular complexity index is 2710. The summed E-state index contributed by atoms with van der Waals surface area (Å²) in [6.45, 7) is 11.1. The van der Waals surface area contributed by atoms with Crippen LogP contribution in [0.3, 0.4) is 0 Å². The molecule has 0 saturated carbocycles. The maximum absolute atomic E-state index is 2.56. The minimum absolute atomic E-state index is 0.345. The minimum Gasteiger partial charge on any atom is -0.334 e. The van der Waals surface area contributed by atoms with Crippen molar-refractivity contribution in [1.82, 2.24) is 4.57 Å². The molecule has 2 heteroatoms. The number of anilines is 2. The van der Waals surface area contributed by atoms with E-state index in [-0.39, 0.29) is 0 Å². The van der Waals surface area contributed by atoms with Gasteiger partial charge in [-0.05, 0) is 140 Å². The zero-order valence-electron chi connectivity index (χ0n) is 32.3. The molecule has 1 aromatic heterocycles. The highest BCUT2D eigenvalue weighted by Gasteiger charge is 2.40. The molecule has 0 bridgehead atoms. The van der Waals surface area contributed by atoms with Crippen molar-refractivity contribution in [1.29, 1.82) is 0 Å². The average molecular weight is 711 g/mol. The Balaban J connectivity index is 1.14. The second kappa shape index (κ2) is 13.0. The maximum Gasteiger partial charge on any atom is 0.0592 e. The standard InChI is InChI=1S/C53H46N2/c1-33-15-18-51-47(27-33)49-32-39(17-20-53(49)54(51)44-11-7-6-8-12-44)38-16-19-52-48(31-38)46-13-9-10-14-50(46)55(52)45-29-42(40-23-34(2)21-35(3)24-40)28-43(30-45)41-25-36(4)22-37(5)26-41/h6-26,28-33,47,51H,27H2,1-5H3. The monoisotopic (exact) mass is 710 g/mol. The summed E-state index contributed by atoms with van der Waals surface area (Å²) >= 11 is 0. The zero-order chi connectivity index (χ0) is 37.4. The van der Waals surface area contributed by atoms with Crippen LogP contribution < -0.4 is 4.90 Å². The predicted octanol–water partition coefficient (Wildman–Crippen LogP) is 14.2. The summed E-state index contributed by atoms with van der Waals surface area (Å²) in [7, 11) is 0. The van der Waals surface area contributed by atoms with Gasteiger partial charge in [-0.25, -0.2) is 0 Å². The summed E-state index contributed by atoms with van der Waals surface area (Å²) in [5.41, 5.74) is 20.3. The van der Waals surface area contributed by atoms with Gasteiger partial charge in [0.1, 0.15) is 0 Å². The van der Waals surface area contributed by atoms with Gasteiger partial charge in [-0.3, -0.25) is 0 Å². The molecule has 3 unspecified atom stereocenters. The van der Waals surface area contributed by atoms with Gasteiger partial charge in [-0.15, -0.1) is 0 Å². The Morgan fingerprint density at radius 3 is 1.73 bits per heavy atom. The van der Waals surface area contributed by atoms with Crippen LogP contribution in [0.4, 0.5) is 11.4 Å². The van der Waals surface area contributed by atoms with E-state index in [2.05, 4.69) is 202 Å². The quantitative estimate of drug-likeness (QED) is 0.161. The number of benzene rings is 7. The maximum atomic E-state index is 2.56. The van der Waals surface area contributed by atoms with Crippen LogP contribution in [0.1, 0.15) is 47.1 Å². The number of nitrogens with zero attached hydrogens (tertiary/aromatic N) is 2. The highest BCUT2D eigenvalue weighted by Crippen LogP contribution is 2.51. The second-order valence-electron chi connectivity index (χ2n) is 16.3. The molecular formula is C53H46N2. The van der Waals surface area contributed by atoms with Crippen LogP contribution in [0.2, 0.25) is 0 Å². The molecule has 1 aliphatic heterocycles. The molecule has 0 N–H and O–H groups in total. The Morgan fingerprint density at radius 2 is 1.04 bits per heavy atom. The third kappa shape index (κ3) is 5.79. The highest BCUT2D eigenvalue weighted by molar-refractivity contribution is 6.10. The molecule has 2 nitrogen and oxygen atoms in total. The summed E-state index contributed by atoms with van der Waals surface area (Å²) in [6, 6.07) is 55.4. The Hall–Kier alpha value is -6.12. The summed E-state index contributed by atoms with van der Waals surface area (Å²) in [5.74, 6) is 1.04. The van der Waals surface area contributed by atoms with E-state index in [4.69, 9.17) is 0 Å². The predicted molar refractivity (Wildman–Crippen MR) is 234 cm³/mol. The van der Waals surface area contributed by atoms with Crippen molar-refractivity contribution in [2.45, 2.75) is 53.0 Å². The molecule has 7 aromatic carbocycles. The van der Waals surface area contributed by atoms with Gasteiger partial charge in [-0.2, -0.15) is 0 Å². The summed E-state index contributed by atoms with van der Waals surface area (Å²) in [6.07, 6.45) is 6.03. The lowest BCUT2D eigenvalue weighted by atomic mass is 9.81. The molecule has 3 atom stereocenters. The minimum atomic E-state index is 0.345. The lowest BCUT2D eigenvalue weighted by Gasteiger charge is -2.32. The fourth-order valence-electron chi connectivity index (χ4n) is 9.73. The van der Waals surface area contributed by atoms with Gasteiger partial charge in [-0.1, -0.05) is 126 Å². The first-order valence-corrected chi connectivity index (χ1v) is 19.8. The fraction of sp³-hybridized carbons (Fsp3) is 0.170. The Labute approximate surface area is 325 Å². The number of hydrogen-bond donors (Lipinski definition) is 0. The molecule has 2 aliphatic rings. The van der Waals surface area contributed by atoms with Crippen LogP contribution in [0.25, 0.3) is 60.9 Å². The Morgan fingerprint density at radius 1 is 0.455 bits per heavy atom. The van der Waals surface area contributed by atoms with E-state index >= 15 is 0 Å². The van der Waals surface area contributed by atoms with Crippen LogP contribution >= 0.6 is 0 Å². The first-order chi connectivity index (χ1) is 26.8.